The number of nitrogens with zero attached hydrogens (tertiary/aromatic N) is 1. The van der Waals surface area contributed by atoms with E-state index in [9.17, 15) is 4.79 Å². The molecule has 0 saturated heterocycles. The molecule has 0 aromatic rings. The van der Waals surface area contributed by atoms with E-state index in [2.05, 4.69) is 18.8 Å². The Kier molecular flexibility index (Phi) is 29.2. The number of hydrogen-bond donors (Lipinski definition) is 2. The molecule has 0 spiro atoms. The Morgan fingerprint density at radius 3 is 1.93 bits per heavy atom. The molecule has 1 unspecified atom stereocenters. The zero-order chi connectivity index (χ0) is 12.5. The Balaban J connectivity index is -0.000000200. The van der Waals surface area contributed by atoms with Gasteiger partial charge in [-0.05, 0) is 5.75 Å². The summed E-state index contributed by atoms with van der Waals surface area (Å²) in [5.41, 5.74) is 0. The maximum Gasteiger partial charge on any atom is 0.234 e. The molecule has 0 aromatic carbocycles. The predicted octanol–water partition coefficient (Wildman–Crippen LogP) is 1.27. The molecule has 0 heterocycles. The fourth-order valence-corrected chi connectivity index (χ4v) is 1.25. The Bertz CT molecular complexity index is 228. The minimum atomic E-state index is 0.455. The first kappa shape index (κ1) is 19.1. The van der Waals surface area contributed by atoms with Gasteiger partial charge in [-0.1, -0.05) is 13.8 Å². The molecule has 15 heavy (non-hydrogen) atoms. The number of isocyanates is 3. The summed E-state index contributed by atoms with van der Waals surface area (Å²) in [7, 11) is 0. The van der Waals surface area contributed by atoms with Crippen molar-refractivity contribution in [1.82, 2.24) is 0 Å². The SMILES string of the molecule is CCSC(C)CN=C=O.N=C=O.N=C=O. The number of aliphatic imine (C=N–C) groups is 1. The van der Waals surface area contributed by atoms with Gasteiger partial charge in [-0.3, -0.25) is 0 Å². The molecule has 7 heteroatoms. The van der Waals surface area contributed by atoms with Crippen LogP contribution in [0.15, 0.2) is 4.99 Å². The molecule has 84 valence electrons. The minimum Gasteiger partial charge on any atom is -0.222 e. The zero-order valence-corrected chi connectivity index (χ0v) is 9.39. The van der Waals surface area contributed by atoms with E-state index >= 15 is 0 Å². The highest BCUT2D eigenvalue weighted by molar-refractivity contribution is 7.99. The van der Waals surface area contributed by atoms with Crippen LogP contribution in [0.1, 0.15) is 13.8 Å². The molecule has 0 amide bonds. The summed E-state index contributed by atoms with van der Waals surface area (Å²) in [6.45, 7) is 4.74. The van der Waals surface area contributed by atoms with E-state index < -0.39 is 0 Å². The number of hydrogen-bond acceptors (Lipinski definition) is 7. The van der Waals surface area contributed by atoms with Gasteiger partial charge in [0.1, 0.15) is 0 Å². The van der Waals surface area contributed by atoms with Crippen molar-refractivity contribution in [1.29, 1.82) is 10.8 Å². The van der Waals surface area contributed by atoms with Crippen LogP contribution in [0.3, 0.4) is 0 Å². The van der Waals surface area contributed by atoms with E-state index in [0.29, 0.717) is 11.8 Å². The van der Waals surface area contributed by atoms with Gasteiger partial charge in [0.25, 0.3) is 0 Å². The van der Waals surface area contributed by atoms with Crippen molar-refractivity contribution in [3.8, 4) is 0 Å². The van der Waals surface area contributed by atoms with Crippen LogP contribution in [0, 0.1) is 10.8 Å². The van der Waals surface area contributed by atoms with Gasteiger partial charge in [-0.25, -0.2) is 30.2 Å². The van der Waals surface area contributed by atoms with Gasteiger partial charge >= 0.3 is 0 Å². The standard InChI is InChI=1S/C6H11NOS.2CHNO/c1-3-9-6(2)4-7-5-8;2*2-1-3/h6H,3-4H2,1-2H3;2*2H. The van der Waals surface area contributed by atoms with Crippen LogP contribution < -0.4 is 0 Å². The van der Waals surface area contributed by atoms with E-state index in [1.165, 1.54) is 6.08 Å². The zero-order valence-electron chi connectivity index (χ0n) is 8.57. The largest absolute Gasteiger partial charge is 0.234 e. The maximum atomic E-state index is 9.61. The lowest BCUT2D eigenvalue weighted by Crippen LogP contribution is -2.00. The molecule has 1 atom stereocenters. The van der Waals surface area contributed by atoms with E-state index in [0.717, 1.165) is 17.9 Å². The molecule has 0 aliphatic heterocycles. The average molecular weight is 231 g/mol. The van der Waals surface area contributed by atoms with Crippen LogP contribution >= 0.6 is 11.8 Å². The van der Waals surface area contributed by atoms with Crippen molar-refractivity contribution >= 4 is 30.0 Å². The lowest BCUT2D eigenvalue weighted by Gasteiger charge is -2.02. The van der Waals surface area contributed by atoms with Gasteiger partial charge in [0, 0.05) is 5.25 Å². The van der Waals surface area contributed by atoms with E-state index in [4.69, 9.17) is 20.4 Å². The summed E-state index contributed by atoms with van der Waals surface area (Å²) in [6, 6.07) is 0. The van der Waals surface area contributed by atoms with Gasteiger partial charge in [0.2, 0.25) is 18.2 Å². The van der Waals surface area contributed by atoms with Crippen LogP contribution in [0.5, 0.6) is 0 Å². The Labute approximate surface area is 92.2 Å². The quantitative estimate of drug-likeness (QED) is 0.560. The number of thioether (sulfide) groups is 1. The van der Waals surface area contributed by atoms with E-state index in [1.54, 1.807) is 11.8 Å². The van der Waals surface area contributed by atoms with Gasteiger partial charge in [0.05, 0.1) is 6.54 Å². The molecule has 0 aliphatic rings. The Morgan fingerprint density at radius 2 is 1.67 bits per heavy atom. The normalized spacial score (nSPS) is 8.40. The average Bonchev–Trinajstić information content (AvgIpc) is 2.18. The van der Waals surface area contributed by atoms with Crippen LogP contribution in [-0.4, -0.2) is 35.8 Å². The van der Waals surface area contributed by atoms with Crippen molar-refractivity contribution < 1.29 is 14.4 Å². The summed E-state index contributed by atoms with van der Waals surface area (Å²) in [4.78, 5) is 29.8. The van der Waals surface area contributed by atoms with Crippen molar-refractivity contribution in [2.45, 2.75) is 19.1 Å². The smallest absolute Gasteiger partial charge is 0.222 e. The van der Waals surface area contributed by atoms with Crippen LogP contribution in [0.4, 0.5) is 0 Å². The highest BCUT2D eigenvalue weighted by Crippen LogP contribution is 2.08. The van der Waals surface area contributed by atoms with Gasteiger partial charge in [-0.15, -0.1) is 0 Å². The third-order valence-electron chi connectivity index (χ3n) is 0.864. The van der Waals surface area contributed by atoms with Crippen molar-refractivity contribution in [3.05, 3.63) is 0 Å². The lowest BCUT2D eigenvalue weighted by molar-refractivity contribution is 0.562. The van der Waals surface area contributed by atoms with Crippen LogP contribution in [0.25, 0.3) is 0 Å². The highest BCUT2D eigenvalue weighted by atomic mass is 32.2. The molecule has 0 bridgehead atoms. The van der Waals surface area contributed by atoms with Crippen molar-refractivity contribution in [2.75, 3.05) is 12.3 Å². The Hall–Kier alpha value is -1.51. The molecule has 0 aromatic heterocycles. The summed E-state index contributed by atoms with van der Waals surface area (Å²) in [6.07, 6.45) is 3.02. The first-order valence-corrected chi connectivity index (χ1v) is 4.92. The fraction of sp³-hybridized carbons (Fsp3) is 0.625. The molecular formula is C8H13N3O3S. The number of rotatable bonds is 4. The fourth-order valence-electron chi connectivity index (χ4n) is 0.503. The molecule has 0 fully saturated rings. The summed E-state index contributed by atoms with van der Waals surface area (Å²) in [5, 5.41) is 11.3. The predicted molar refractivity (Wildman–Crippen MR) is 57.4 cm³/mol. The van der Waals surface area contributed by atoms with E-state index in [1.807, 2.05) is 0 Å². The molecule has 0 radical (unpaired) electrons. The third kappa shape index (κ3) is 45.6. The summed E-state index contributed by atoms with van der Waals surface area (Å²) in [5.74, 6) is 1.08. The second-order valence-electron chi connectivity index (χ2n) is 1.90. The first-order valence-electron chi connectivity index (χ1n) is 3.87. The number of nitrogens with one attached hydrogen (secondary N) is 2. The lowest BCUT2D eigenvalue weighted by atomic mass is 10.5. The van der Waals surface area contributed by atoms with Crippen molar-refractivity contribution in [3.63, 3.8) is 0 Å². The number of carbonyl (C=O) groups excluding carboxylic acids is 3. The topological polar surface area (TPSA) is 111 Å². The third-order valence-corrected chi connectivity index (χ3v) is 1.92. The highest BCUT2D eigenvalue weighted by Gasteiger charge is 1.96. The molecule has 6 nitrogen and oxygen atoms in total. The van der Waals surface area contributed by atoms with Crippen LogP contribution in [0.2, 0.25) is 0 Å². The molecular weight excluding hydrogens is 218 g/mol. The monoisotopic (exact) mass is 231 g/mol. The first-order chi connectivity index (χ1) is 7.14. The molecule has 0 rings (SSSR count). The van der Waals surface area contributed by atoms with Gasteiger partial charge < -0.3 is 0 Å². The minimum absolute atomic E-state index is 0.455. The van der Waals surface area contributed by atoms with Crippen LogP contribution in [-0.2, 0) is 14.4 Å². The summed E-state index contributed by atoms with van der Waals surface area (Å²) < 4.78 is 0. The maximum absolute atomic E-state index is 9.61. The van der Waals surface area contributed by atoms with Gasteiger partial charge in [0.15, 0.2) is 0 Å². The Morgan fingerprint density at radius 1 is 1.27 bits per heavy atom. The van der Waals surface area contributed by atoms with Crippen molar-refractivity contribution in [2.24, 2.45) is 4.99 Å². The second kappa shape index (κ2) is 22.9. The molecule has 2 N–H and O–H groups in total. The molecule has 0 aliphatic carbocycles. The second-order valence-corrected chi connectivity index (χ2v) is 3.62. The van der Waals surface area contributed by atoms with Gasteiger partial charge in [-0.2, -0.15) is 11.8 Å². The molecule has 0 saturated carbocycles. The van der Waals surface area contributed by atoms with E-state index in [-0.39, 0.29) is 0 Å². The summed E-state index contributed by atoms with van der Waals surface area (Å²) >= 11 is 1.80.